The molecular weight excluding hydrogens is 234 g/mol. The Morgan fingerprint density at radius 1 is 1.47 bits per heavy atom. The lowest BCUT2D eigenvalue weighted by molar-refractivity contribution is -0.0156. The van der Waals surface area contributed by atoms with Crippen molar-refractivity contribution in [3.63, 3.8) is 0 Å². The number of piperidine rings is 1. The molecule has 0 spiro atoms. The molecule has 4 nitrogen and oxygen atoms in total. The first-order chi connectivity index (χ1) is 8.15. The van der Waals surface area contributed by atoms with E-state index in [0.29, 0.717) is 6.42 Å². The Labute approximate surface area is 105 Å². The normalized spacial score (nSPS) is 21.1. The van der Waals surface area contributed by atoms with Crippen LogP contribution in [0, 0.1) is 0 Å². The van der Waals surface area contributed by atoms with E-state index >= 15 is 0 Å². The maximum Gasteiger partial charge on any atom is 0.193 e. The average molecular weight is 251 g/mol. The SMILES string of the molecule is CN1CCC(O)(Cc2cn3ccsc3n2)CC1. The van der Waals surface area contributed by atoms with Crippen molar-refractivity contribution >= 4 is 16.3 Å². The van der Waals surface area contributed by atoms with Gasteiger partial charge in [-0.2, -0.15) is 0 Å². The highest BCUT2D eigenvalue weighted by Gasteiger charge is 2.32. The molecule has 1 aliphatic rings. The molecule has 0 radical (unpaired) electrons. The number of rotatable bonds is 2. The molecule has 0 amide bonds. The predicted octanol–water partition coefficient (Wildman–Crippen LogP) is 1.39. The minimum absolute atomic E-state index is 0.559. The first-order valence-corrected chi connectivity index (χ1v) is 6.85. The molecule has 0 aromatic carbocycles. The van der Waals surface area contributed by atoms with Crippen LogP contribution in [0.25, 0.3) is 4.96 Å². The van der Waals surface area contributed by atoms with E-state index in [1.807, 2.05) is 22.2 Å². The summed E-state index contributed by atoms with van der Waals surface area (Å²) in [5.74, 6) is 0. The summed E-state index contributed by atoms with van der Waals surface area (Å²) in [7, 11) is 2.10. The monoisotopic (exact) mass is 251 g/mol. The van der Waals surface area contributed by atoms with Gasteiger partial charge in [-0.05, 0) is 19.9 Å². The topological polar surface area (TPSA) is 40.8 Å². The second-order valence-corrected chi connectivity index (χ2v) is 5.90. The number of likely N-dealkylation sites (tertiary alicyclic amines) is 1. The Bertz CT molecular complexity index is 482. The zero-order chi connectivity index (χ0) is 11.9. The molecule has 0 unspecified atom stereocenters. The van der Waals surface area contributed by atoms with Gasteiger partial charge in [0.25, 0.3) is 0 Å². The molecule has 0 aliphatic carbocycles. The Morgan fingerprint density at radius 2 is 2.24 bits per heavy atom. The van der Waals surface area contributed by atoms with E-state index in [9.17, 15) is 5.11 Å². The van der Waals surface area contributed by atoms with Crippen molar-refractivity contribution in [3.05, 3.63) is 23.5 Å². The van der Waals surface area contributed by atoms with Gasteiger partial charge in [0.2, 0.25) is 0 Å². The first kappa shape index (κ1) is 11.2. The van der Waals surface area contributed by atoms with Crippen LogP contribution < -0.4 is 0 Å². The second-order valence-electron chi connectivity index (χ2n) is 5.03. The molecule has 1 aliphatic heterocycles. The third-order valence-electron chi connectivity index (χ3n) is 3.57. The number of nitrogens with zero attached hydrogens (tertiary/aromatic N) is 3. The summed E-state index contributed by atoms with van der Waals surface area (Å²) in [5, 5.41) is 12.6. The fraction of sp³-hybridized carbons (Fsp3) is 0.583. The van der Waals surface area contributed by atoms with Crippen LogP contribution in [-0.2, 0) is 6.42 Å². The Hall–Kier alpha value is -0.910. The highest BCUT2D eigenvalue weighted by atomic mass is 32.1. The zero-order valence-electron chi connectivity index (χ0n) is 9.96. The molecule has 0 saturated carbocycles. The number of hydrogen-bond acceptors (Lipinski definition) is 4. The minimum Gasteiger partial charge on any atom is -0.389 e. The molecule has 1 saturated heterocycles. The molecule has 2 aromatic rings. The summed E-state index contributed by atoms with van der Waals surface area (Å²) < 4.78 is 2.03. The third kappa shape index (κ3) is 2.22. The van der Waals surface area contributed by atoms with Crippen molar-refractivity contribution in [2.75, 3.05) is 20.1 Å². The predicted molar refractivity (Wildman–Crippen MR) is 68.5 cm³/mol. The van der Waals surface area contributed by atoms with E-state index in [1.165, 1.54) is 0 Å². The number of fused-ring (bicyclic) bond motifs is 1. The van der Waals surface area contributed by atoms with Crippen LogP contribution in [0.4, 0.5) is 0 Å². The molecular formula is C12H17N3OS. The van der Waals surface area contributed by atoms with Crippen LogP contribution in [0.2, 0.25) is 0 Å². The lowest BCUT2D eigenvalue weighted by Gasteiger charge is -2.36. The van der Waals surface area contributed by atoms with E-state index in [2.05, 4.69) is 16.9 Å². The highest BCUT2D eigenvalue weighted by molar-refractivity contribution is 7.15. The number of aromatic nitrogens is 2. The Balaban J connectivity index is 1.76. The Morgan fingerprint density at radius 3 is 2.94 bits per heavy atom. The first-order valence-electron chi connectivity index (χ1n) is 5.97. The maximum absolute atomic E-state index is 10.5. The fourth-order valence-electron chi connectivity index (χ4n) is 2.41. The van der Waals surface area contributed by atoms with Crippen molar-refractivity contribution in [2.24, 2.45) is 0 Å². The van der Waals surface area contributed by atoms with Crippen molar-refractivity contribution in [2.45, 2.75) is 24.9 Å². The van der Waals surface area contributed by atoms with Crippen molar-refractivity contribution in [1.82, 2.24) is 14.3 Å². The molecule has 0 atom stereocenters. The summed E-state index contributed by atoms with van der Waals surface area (Å²) in [5.41, 5.74) is 0.445. The highest BCUT2D eigenvalue weighted by Crippen LogP contribution is 2.26. The van der Waals surface area contributed by atoms with Gasteiger partial charge in [0.15, 0.2) is 4.96 Å². The fourth-order valence-corrected chi connectivity index (χ4v) is 3.13. The van der Waals surface area contributed by atoms with Gasteiger partial charge in [0.1, 0.15) is 0 Å². The lowest BCUT2D eigenvalue weighted by Crippen LogP contribution is -2.44. The quantitative estimate of drug-likeness (QED) is 0.877. The maximum atomic E-state index is 10.5. The van der Waals surface area contributed by atoms with Crippen molar-refractivity contribution in [1.29, 1.82) is 0 Å². The van der Waals surface area contributed by atoms with E-state index in [4.69, 9.17) is 0 Å². The van der Waals surface area contributed by atoms with Gasteiger partial charge in [-0.15, -0.1) is 11.3 Å². The molecule has 1 N–H and O–H groups in total. The summed E-state index contributed by atoms with van der Waals surface area (Å²) in [6, 6.07) is 0. The van der Waals surface area contributed by atoms with Crippen LogP contribution >= 0.6 is 11.3 Å². The van der Waals surface area contributed by atoms with Gasteiger partial charge < -0.3 is 10.0 Å². The smallest absolute Gasteiger partial charge is 0.193 e. The molecule has 1 fully saturated rings. The average Bonchev–Trinajstić information content (AvgIpc) is 2.83. The number of imidazole rings is 1. The number of thiazole rings is 1. The van der Waals surface area contributed by atoms with Gasteiger partial charge in [-0.25, -0.2) is 4.98 Å². The molecule has 0 bridgehead atoms. The van der Waals surface area contributed by atoms with Gasteiger partial charge in [0.05, 0.1) is 11.3 Å². The number of aliphatic hydroxyl groups is 1. The van der Waals surface area contributed by atoms with Crippen LogP contribution in [0.15, 0.2) is 17.8 Å². The van der Waals surface area contributed by atoms with Crippen LogP contribution in [0.5, 0.6) is 0 Å². The van der Waals surface area contributed by atoms with E-state index in [0.717, 1.165) is 36.6 Å². The van der Waals surface area contributed by atoms with Crippen LogP contribution in [-0.4, -0.2) is 45.1 Å². The van der Waals surface area contributed by atoms with Gasteiger partial charge in [-0.3, -0.25) is 4.40 Å². The van der Waals surface area contributed by atoms with E-state index in [-0.39, 0.29) is 0 Å². The van der Waals surface area contributed by atoms with Crippen molar-refractivity contribution in [3.8, 4) is 0 Å². The molecule has 17 heavy (non-hydrogen) atoms. The lowest BCUT2D eigenvalue weighted by atomic mass is 9.87. The second kappa shape index (κ2) is 4.08. The molecule has 3 rings (SSSR count). The van der Waals surface area contributed by atoms with Gasteiger partial charge in [0, 0.05) is 37.3 Å². The summed E-state index contributed by atoms with van der Waals surface area (Å²) in [6.07, 6.45) is 6.40. The largest absolute Gasteiger partial charge is 0.389 e. The standard InChI is InChI=1S/C12H17N3OS/c1-14-4-2-12(16,3-5-14)8-10-9-15-6-7-17-11(15)13-10/h6-7,9,16H,2-5,8H2,1H3. The van der Waals surface area contributed by atoms with Gasteiger partial charge in [-0.1, -0.05) is 0 Å². The summed E-state index contributed by atoms with van der Waals surface area (Å²) >= 11 is 1.63. The van der Waals surface area contributed by atoms with Gasteiger partial charge >= 0.3 is 0 Å². The van der Waals surface area contributed by atoms with Crippen LogP contribution in [0.3, 0.4) is 0 Å². The summed E-state index contributed by atoms with van der Waals surface area (Å²) in [6.45, 7) is 1.94. The third-order valence-corrected chi connectivity index (χ3v) is 4.34. The van der Waals surface area contributed by atoms with Crippen molar-refractivity contribution < 1.29 is 5.11 Å². The van der Waals surface area contributed by atoms with E-state index in [1.54, 1.807) is 11.3 Å². The van der Waals surface area contributed by atoms with E-state index < -0.39 is 5.60 Å². The molecule has 5 heteroatoms. The zero-order valence-corrected chi connectivity index (χ0v) is 10.8. The minimum atomic E-state index is -0.559. The van der Waals surface area contributed by atoms with Crippen LogP contribution in [0.1, 0.15) is 18.5 Å². The Kier molecular flexibility index (Phi) is 2.69. The molecule has 92 valence electrons. The summed E-state index contributed by atoms with van der Waals surface area (Å²) in [4.78, 5) is 7.81. The molecule has 3 heterocycles. The molecule has 2 aromatic heterocycles. The number of hydrogen-bond donors (Lipinski definition) is 1.